The fourth-order valence-electron chi connectivity index (χ4n) is 0.784. The molecular formula is C8H9BrOS. The molecule has 60 valence electrons. The smallest absolute Gasteiger partial charge is 0.120 e. The standard InChI is InChI=1S/C8H9BrOS/c1-11-7-3-2-6(5-9)8(10)4-7/h2-4,10H,5H2,1H3. The van der Waals surface area contributed by atoms with Gasteiger partial charge in [-0.05, 0) is 18.4 Å². The second-order valence-electron chi connectivity index (χ2n) is 2.13. The van der Waals surface area contributed by atoms with E-state index in [1.165, 1.54) is 0 Å². The van der Waals surface area contributed by atoms with Crippen LogP contribution in [0.5, 0.6) is 5.75 Å². The molecule has 0 spiro atoms. The van der Waals surface area contributed by atoms with Crippen molar-refractivity contribution in [2.24, 2.45) is 0 Å². The number of hydrogen-bond acceptors (Lipinski definition) is 2. The number of phenolic OH excluding ortho intramolecular Hbond substituents is 1. The highest BCUT2D eigenvalue weighted by molar-refractivity contribution is 9.08. The Hall–Kier alpha value is -0.150. The van der Waals surface area contributed by atoms with Crippen LogP contribution in [0.1, 0.15) is 5.56 Å². The van der Waals surface area contributed by atoms with Gasteiger partial charge in [-0.1, -0.05) is 22.0 Å². The summed E-state index contributed by atoms with van der Waals surface area (Å²) in [4.78, 5) is 1.09. The van der Waals surface area contributed by atoms with Crippen LogP contribution in [0.3, 0.4) is 0 Å². The molecule has 0 saturated carbocycles. The van der Waals surface area contributed by atoms with Crippen molar-refractivity contribution in [3.63, 3.8) is 0 Å². The van der Waals surface area contributed by atoms with Gasteiger partial charge in [0.1, 0.15) is 5.75 Å². The zero-order valence-electron chi connectivity index (χ0n) is 6.17. The number of alkyl halides is 1. The lowest BCUT2D eigenvalue weighted by Gasteiger charge is -2.01. The van der Waals surface area contributed by atoms with Crippen LogP contribution in [0.4, 0.5) is 0 Å². The molecule has 0 unspecified atom stereocenters. The molecular weight excluding hydrogens is 224 g/mol. The maximum Gasteiger partial charge on any atom is 0.120 e. The topological polar surface area (TPSA) is 20.2 Å². The Labute approximate surface area is 78.9 Å². The lowest BCUT2D eigenvalue weighted by Crippen LogP contribution is -1.78. The molecule has 1 N–H and O–H groups in total. The molecule has 1 nitrogen and oxygen atoms in total. The van der Waals surface area contributed by atoms with E-state index in [0.29, 0.717) is 11.1 Å². The highest BCUT2D eigenvalue weighted by atomic mass is 79.9. The lowest BCUT2D eigenvalue weighted by atomic mass is 10.2. The monoisotopic (exact) mass is 232 g/mol. The van der Waals surface area contributed by atoms with Gasteiger partial charge in [-0.25, -0.2) is 0 Å². The third-order valence-electron chi connectivity index (χ3n) is 1.44. The van der Waals surface area contributed by atoms with E-state index in [4.69, 9.17) is 0 Å². The Kier molecular flexibility index (Phi) is 3.27. The predicted molar refractivity (Wildman–Crippen MR) is 52.5 cm³/mol. The van der Waals surface area contributed by atoms with E-state index in [0.717, 1.165) is 10.5 Å². The molecule has 0 fully saturated rings. The maximum atomic E-state index is 9.38. The Bertz CT molecular complexity index is 250. The first-order valence-electron chi connectivity index (χ1n) is 3.19. The molecule has 0 saturated heterocycles. The van der Waals surface area contributed by atoms with Crippen molar-refractivity contribution in [3.05, 3.63) is 23.8 Å². The molecule has 3 heteroatoms. The van der Waals surface area contributed by atoms with Crippen LogP contribution in [0.25, 0.3) is 0 Å². The van der Waals surface area contributed by atoms with Crippen molar-refractivity contribution in [2.75, 3.05) is 6.26 Å². The predicted octanol–water partition coefficient (Wildman–Crippen LogP) is 3.01. The SMILES string of the molecule is CSc1ccc(CBr)c(O)c1. The van der Waals surface area contributed by atoms with Crippen LogP contribution < -0.4 is 0 Å². The van der Waals surface area contributed by atoms with Crippen LogP contribution in [-0.2, 0) is 5.33 Å². The van der Waals surface area contributed by atoms with Crippen LogP contribution in [0.2, 0.25) is 0 Å². The first kappa shape index (κ1) is 8.94. The normalized spacial score (nSPS) is 10.0. The summed E-state index contributed by atoms with van der Waals surface area (Å²) < 4.78 is 0. The largest absolute Gasteiger partial charge is 0.508 e. The summed E-state index contributed by atoms with van der Waals surface area (Å²) in [5, 5.41) is 10.1. The molecule has 0 amide bonds. The van der Waals surface area contributed by atoms with Crippen LogP contribution >= 0.6 is 27.7 Å². The van der Waals surface area contributed by atoms with Crippen LogP contribution in [0.15, 0.2) is 23.1 Å². The Morgan fingerprint density at radius 3 is 2.73 bits per heavy atom. The van der Waals surface area contributed by atoms with Crippen molar-refractivity contribution in [2.45, 2.75) is 10.2 Å². The zero-order chi connectivity index (χ0) is 8.27. The highest BCUT2D eigenvalue weighted by Crippen LogP contribution is 2.25. The minimum Gasteiger partial charge on any atom is -0.508 e. The van der Waals surface area contributed by atoms with Gasteiger partial charge < -0.3 is 5.11 Å². The molecule has 1 rings (SSSR count). The number of aromatic hydroxyl groups is 1. The third-order valence-corrected chi connectivity index (χ3v) is 2.77. The molecule has 11 heavy (non-hydrogen) atoms. The Morgan fingerprint density at radius 1 is 1.55 bits per heavy atom. The molecule has 0 atom stereocenters. The number of halogens is 1. The summed E-state index contributed by atoms with van der Waals surface area (Å²) in [5.41, 5.74) is 0.933. The zero-order valence-corrected chi connectivity index (χ0v) is 8.58. The number of rotatable bonds is 2. The molecule has 0 aliphatic carbocycles. The van der Waals surface area contributed by atoms with E-state index in [1.807, 2.05) is 18.4 Å². The maximum absolute atomic E-state index is 9.38. The number of hydrogen-bond donors (Lipinski definition) is 1. The van der Waals surface area contributed by atoms with E-state index >= 15 is 0 Å². The average molecular weight is 233 g/mol. The molecule has 0 heterocycles. The van der Waals surface area contributed by atoms with E-state index in [1.54, 1.807) is 17.8 Å². The van der Waals surface area contributed by atoms with Gasteiger partial charge in [-0.3, -0.25) is 0 Å². The molecule has 0 aromatic heterocycles. The second-order valence-corrected chi connectivity index (χ2v) is 3.57. The van der Waals surface area contributed by atoms with Gasteiger partial charge in [-0.2, -0.15) is 0 Å². The van der Waals surface area contributed by atoms with E-state index < -0.39 is 0 Å². The van der Waals surface area contributed by atoms with Crippen molar-refractivity contribution in [1.82, 2.24) is 0 Å². The van der Waals surface area contributed by atoms with Crippen molar-refractivity contribution < 1.29 is 5.11 Å². The second kappa shape index (κ2) is 4.02. The first-order chi connectivity index (χ1) is 5.27. The van der Waals surface area contributed by atoms with Crippen LogP contribution in [0, 0.1) is 0 Å². The molecule has 0 bridgehead atoms. The third kappa shape index (κ3) is 2.14. The van der Waals surface area contributed by atoms with Crippen molar-refractivity contribution >= 4 is 27.7 Å². The summed E-state index contributed by atoms with van der Waals surface area (Å²) in [7, 11) is 0. The number of phenols is 1. The molecule has 0 aliphatic heterocycles. The van der Waals surface area contributed by atoms with Gasteiger partial charge in [0.15, 0.2) is 0 Å². The number of benzene rings is 1. The Morgan fingerprint density at radius 2 is 2.27 bits per heavy atom. The molecule has 0 radical (unpaired) electrons. The quantitative estimate of drug-likeness (QED) is 0.625. The summed E-state index contributed by atoms with van der Waals surface area (Å²) in [6.07, 6.45) is 1.99. The van der Waals surface area contributed by atoms with Gasteiger partial charge in [0.25, 0.3) is 0 Å². The number of thioether (sulfide) groups is 1. The summed E-state index contributed by atoms with van der Waals surface area (Å²) in [5.74, 6) is 0.369. The van der Waals surface area contributed by atoms with Gasteiger partial charge in [0, 0.05) is 15.8 Å². The fourth-order valence-corrected chi connectivity index (χ4v) is 1.69. The van der Waals surface area contributed by atoms with E-state index in [2.05, 4.69) is 15.9 Å². The highest BCUT2D eigenvalue weighted by Gasteiger charge is 1.99. The first-order valence-corrected chi connectivity index (χ1v) is 5.54. The minimum absolute atomic E-state index is 0.369. The molecule has 1 aromatic carbocycles. The Balaban J connectivity index is 2.99. The summed E-state index contributed by atoms with van der Waals surface area (Å²) in [6, 6.07) is 5.71. The molecule has 1 aromatic rings. The van der Waals surface area contributed by atoms with Crippen molar-refractivity contribution in [3.8, 4) is 5.75 Å². The van der Waals surface area contributed by atoms with Crippen LogP contribution in [-0.4, -0.2) is 11.4 Å². The molecule has 0 aliphatic rings. The summed E-state index contributed by atoms with van der Waals surface area (Å²) >= 11 is 4.91. The van der Waals surface area contributed by atoms with Gasteiger partial charge in [0.05, 0.1) is 0 Å². The lowest BCUT2D eigenvalue weighted by molar-refractivity contribution is 0.469. The van der Waals surface area contributed by atoms with E-state index in [9.17, 15) is 5.11 Å². The van der Waals surface area contributed by atoms with Gasteiger partial charge >= 0.3 is 0 Å². The average Bonchev–Trinajstić information content (AvgIpc) is 2.04. The van der Waals surface area contributed by atoms with Gasteiger partial charge in [-0.15, -0.1) is 11.8 Å². The van der Waals surface area contributed by atoms with Gasteiger partial charge in [0.2, 0.25) is 0 Å². The van der Waals surface area contributed by atoms with E-state index in [-0.39, 0.29) is 0 Å². The fraction of sp³-hybridized carbons (Fsp3) is 0.250. The minimum atomic E-state index is 0.369. The van der Waals surface area contributed by atoms with Crippen molar-refractivity contribution in [1.29, 1.82) is 0 Å². The summed E-state index contributed by atoms with van der Waals surface area (Å²) in [6.45, 7) is 0.